The molecule has 24 heavy (non-hydrogen) atoms. The molecule has 0 spiro atoms. The van der Waals surface area contributed by atoms with E-state index in [1.165, 1.54) is 11.3 Å². The lowest BCUT2D eigenvalue weighted by Crippen LogP contribution is -2.40. The van der Waals surface area contributed by atoms with Crippen LogP contribution in [0.3, 0.4) is 0 Å². The van der Waals surface area contributed by atoms with Gasteiger partial charge in [-0.05, 0) is 34.5 Å². The van der Waals surface area contributed by atoms with Crippen molar-refractivity contribution < 1.29 is 24.5 Å². The second kappa shape index (κ2) is 6.80. The number of ether oxygens (including phenoxy) is 2. The van der Waals surface area contributed by atoms with Crippen molar-refractivity contribution in [1.82, 2.24) is 4.90 Å². The molecule has 6 nitrogen and oxygen atoms in total. The molecule has 2 atom stereocenters. The van der Waals surface area contributed by atoms with Crippen molar-refractivity contribution >= 4 is 17.3 Å². The van der Waals surface area contributed by atoms with E-state index in [1.807, 2.05) is 10.8 Å². The Bertz CT molecular complexity index is 731. The number of carboxylic acid groups (broad SMARTS) is 1. The number of hydrogen-bond acceptors (Lipinski definition) is 6. The predicted molar refractivity (Wildman–Crippen MR) is 89.6 cm³/mol. The lowest BCUT2D eigenvalue weighted by molar-refractivity contribution is -0.144. The molecule has 1 aliphatic rings. The van der Waals surface area contributed by atoms with Gasteiger partial charge >= 0.3 is 5.97 Å². The molecule has 0 radical (unpaired) electrons. The summed E-state index contributed by atoms with van der Waals surface area (Å²) >= 11 is 1.45. The summed E-state index contributed by atoms with van der Waals surface area (Å²) in [6, 6.07) is 4.52. The molecule has 0 bridgehead atoms. The van der Waals surface area contributed by atoms with Crippen LogP contribution in [0.1, 0.15) is 28.8 Å². The van der Waals surface area contributed by atoms with E-state index in [4.69, 9.17) is 9.47 Å². The zero-order valence-electron chi connectivity index (χ0n) is 13.4. The summed E-state index contributed by atoms with van der Waals surface area (Å²) in [5, 5.41) is 24.0. The van der Waals surface area contributed by atoms with Crippen molar-refractivity contribution in [2.24, 2.45) is 0 Å². The minimum atomic E-state index is -0.939. The molecule has 0 aliphatic carbocycles. The fourth-order valence-electron chi connectivity index (χ4n) is 3.24. The largest absolute Gasteiger partial charge is 0.496 e. The van der Waals surface area contributed by atoms with Gasteiger partial charge < -0.3 is 19.7 Å². The highest BCUT2D eigenvalue weighted by molar-refractivity contribution is 7.08. The molecule has 1 aromatic carbocycles. The number of carbonyl (C=O) groups is 1. The third-order valence-corrected chi connectivity index (χ3v) is 4.98. The van der Waals surface area contributed by atoms with Crippen LogP contribution in [0.5, 0.6) is 11.5 Å². The topological polar surface area (TPSA) is 79.2 Å². The Morgan fingerprint density at radius 1 is 1.29 bits per heavy atom. The number of β-amino-alcohol motifs (C(OH)–C–C–N with tert-alkyl or cyclic N) is 1. The van der Waals surface area contributed by atoms with Crippen molar-refractivity contribution in [2.45, 2.75) is 18.7 Å². The van der Waals surface area contributed by atoms with Crippen LogP contribution in [-0.4, -0.2) is 41.8 Å². The Balaban J connectivity index is 2.03. The number of methoxy groups -OCH3 is 2. The fourth-order valence-corrected chi connectivity index (χ4v) is 3.92. The Kier molecular flexibility index (Phi) is 4.75. The summed E-state index contributed by atoms with van der Waals surface area (Å²) in [5.41, 5.74) is 2.14. The number of benzene rings is 1. The number of carboxylic acids is 1. The maximum absolute atomic E-state index is 11.8. The van der Waals surface area contributed by atoms with E-state index < -0.39 is 18.1 Å². The number of fused-ring (bicyclic) bond motifs is 1. The lowest BCUT2D eigenvalue weighted by Gasteiger charge is -2.36. The van der Waals surface area contributed by atoms with Gasteiger partial charge in [0.15, 0.2) is 0 Å². The van der Waals surface area contributed by atoms with Crippen LogP contribution < -0.4 is 9.47 Å². The molecule has 3 rings (SSSR count). The van der Waals surface area contributed by atoms with Gasteiger partial charge in [0.1, 0.15) is 17.5 Å². The van der Waals surface area contributed by atoms with Crippen LogP contribution in [0, 0.1) is 0 Å². The van der Waals surface area contributed by atoms with Crippen LogP contribution in [0.4, 0.5) is 0 Å². The van der Waals surface area contributed by atoms with Gasteiger partial charge in [-0.25, -0.2) is 0 Å². The first-order chi connectivity index (χ1) is 11.6. The van der Waals surface area contributed by atoms with Gasteiger partial charge in [0.25, 0.3) is 0 Å². The molecule has 2 aromatic rings. The number of thiophene rings is 1. The standard InChI is InChI=1S/C17H19NO5S/c1-22-13-3-4-14(23-2)15-11(13)7-18(8-12(15)19)16(17(20)21)10-5-6-24-9-10/h3-6,9,12,16,19H,7-8H2,1-2H3,(H,20,21). The Morgan fingerprint density at radius 3 is 2.58 bits per heavy atom. The quantitative estimate of drug-likeness (QED) is 0.863. The van der Waals surface area contributed by atoms with Crippen LogP contribution in [0.2, 0.25) is 0 Å². The highest BCUT2D eigenvalue weighted by Crippen LogP contribution is 2.41. The number of aliphatic hydroxyl groups is 1. The summed E-state index contributed by atoms with van der Waals surface area (Å²) in [5.74, 6) is 0.260. The lowest BCUT2D eigenvalue weighted by atomic mass is 9.93. The third kappa shape index (κ3) is 2.86. The normalized spacial score (nSPS) is 18.7. The van der Waals surface area contributed by atoms with Crippen molar-refractivity contribution in [2.75, 3.05) is 20.8 Å². The molecule has 0 saturated carbocycles. The summed E-state index contributed by atoms with van der Waals surface area (Å²) in [4.78, 5) is 13.6. The first-order valence-corrected chi connectivity index (χ1v) is 8.41. The number of rotatable bonds is 5. The minimum Gasteiger partial charge on any atom is -0.496 e. The van der Waals surface area contributed by atoms with E-state index in [0.717, 1.165) is 5.56 Å². The maximum atomic E-state index is 11.8. The third-order valence-electron chi connectivity index (χ3n) is 4.27. The number of nitrogens with zero attached hydrogens (tertiary/aromatic N) is 1. The molecule has 7 heteroatoms. The summed E-state index contributed by atoms with van der Waals surface area (Å²) in [6.45, 7) is 0.572. The van der Waals surface area contributed by atoms with Gasteiger partial charge in [0, 0.05) is 24.2 Å². The molecule has 2 unspecified atom stereocenters. The zero-order valence-corrected chi connectivity index (χ0v) is 14.2. The Morgan fingerprint density at radius 2 is 2.00 bits per heavy atom. The molecule has 128 valence electrons. The molecule has 0 saturated heterocycles. The molecule has 2 heterocycles. The Labute approximate surface area is 143 Å². The van der Waals surface area contributed by atoms with Crippen LogP contribution >= 0.6 is 11.3 Å². The van der Waals surface area contributed by atoms with E-state index >= 15 is 0 Å². The monoisotopic (exact) mass is 349 g/mol. The van der Waals surface area contributed by atoms with Gasteiger partial charge in [-0.3, -0.25) is 9.69 Å². The van der Waals surface area contributed by atoms with Gasteiger partial charge in [0.05, 0.1) is 20.3 Å². The van der Waals surface area contributed by atoms with Crippen molar-refractivity contribution in [3.8, 4) is 11.5 Å². The summed E-state index contributed by atoms with van der Waals surface area (Å²) in [6.07, 6.45) is -0.848. The molecular formula is C17H19NO5S. The summed E-state index contributed by atoms with van der Waals surface area (Å²) in [7, 11) is 3.10. The molecule has 0 amide bonds. The smallest absolute Gasteiger partial charge is 0.325 e. The van der Waals surface area contributed by atoms with Crippen LogP contribution in [-0.2, 0) is 11.3 Å². The van der Waals surface area contributed by atoms with Crippen molar-refractivity contribution in [3.63, 3.8) is 0 Å². The van der Waals surface area contributed by atoms with E-state index in [1.54, 1.807) is 37.3 Å². The molecule has 2 N–H and O–H groups in total. The predicted octanol–water partition coefficient (Wildman–Crippen LogP) is 2.44. The SMILES string of the molecule is COc1ccc(OC)c2c1CN(C(C(=O)O)c1ccsc1)CC2O. The second-order valence-corrected chi connectivity index (χ2v) is 6.39. The Hall–Kier alpha value is -2.09. The van der Waals surface area contributed by atoms with Crippen molar-refractivity contribution in [1.29, 1.82) is 0 Å². The van der Waals surface area contributed by atoms with Gasteiger partial charge in [-0.1, -0.05) is 0 Å². The minimum absolute atomic E-state index is 0.212. The highest BCUT2D eigenvalue weighted by atomic mass is 32.1. The fraction of sp³-hybridized carbons (Fsp3) is 0.353. The van der Waals surface area contributed by atoms with E-state index in [9.17, 15) is 15.0 Å². The number of aliphatic carboxylic acids is 1. The van der Waals surface area contributed by atoms with Gasteiger partial charge in [0.2, 0.25) is 0 Å². The molecular weight excluding hydrogens is 330 g/mol. The van der Waals surface area contributed by atoms with Crippen LogP contribution in [0.15, 0.2) is 29.0 Å². The van der Waals surface area contributed by atoms with E-state index in [2.05, 4.69) is 0 Å². The highest BCUT2D eigenvalue weighted by Gasteiger charge is 2.36. The maximum Gasteiger partial charge on any atom is 0.325 e. The molecule has 1 aliphatic heterocycles. The number of aliphatic hydroxyl groups excluding tert-OH is 1. The average Bonchev–Trinajstić information content (AvgIpc) is 3.07. The van der Waals surface area contributed by atoms with Crippen LogP contribution in [0.25, 0.3) is 0 Å². The summed E-state index contributed by atoms with van der Waals surface area (Å²) < 4.78 is 10.8. The first-order valence-electron chi connectivity index (χ1n) is 7.47. The second-order valence-electron chi connectivity index (χ2n) is 5.61. The average molecular weight is 349 g/mol. The number of hydrogen-bond donors (Lipinski definition) is 2. The van der Waals surface area contributed by atoms with Gasteiger partial charge in [-0.15, -0.1) is 0 Å². The van der Waals surface area contributed by atoms with E-state index in [0.29, 0.717) is 29.2 Å². The first kappa shape index (κ1) is 16.8. The van der Waals surface area contributed by atoms with E-state index in [-0.39, 0.29) is 6.54 Å². The molecule has 0 fully saturated rings. The zero-order chi connectivity index (χ0) is 17.3. The molecule has 1 aromatic heterocycles. The van der Waals surface area contributed by atoms with Crippen molar-refractivity contribution in [3.05, 3.63) is 45.6 Å². The van der Waals surface area contributed by atoms with Gasteiger partial charge in [-0.2, -0.15) is 11.3 Å².